The van der Waals surface area contributed by atoms with E-state index in [2.05, 4.69) is 5.10 Å². The Morgan fingerprint density at radius 3 is 2.14 bits per heavy atom. The van der Waals surface area contributed by atoms with Gasteiger partial charge >= 0.3 is 0 Å². The van der Waals surface area contributed by atoms with Crippen molar-refractivity contribution in [2.24, 2.45) is 7.05 Å². The van der Waals surface area contributed by atoms with Gasteiger partial charge in [-0.1, -0.05) is 32.4 Å². The van der Waals surface area contributed by atoms with E-state index in [0.717, 1.165) is 0 Å². The van der Waals surface area contributed by atoms with Crippen LogP contribution in [-0.2, 0) is 12.5 Å². The fourth-order valence-electron chi connectivity index (χ4n) is 1.37. The molecule has 2 nitrogen and oxygen atoms in total. The summed E-state index contributed by atoms with van der Waals surface area (Å²) in [6, 6.07) is 0. The van der Waals surface area contributed by atoms with E-state index in [1.54, 1.807) is 7.05 Å². The molecule has 0 aliphatic heterocycles. The Hall–Kier alpha value is -0.640. The van der Waals surface area contributed by atoms with E-state index in [1.165, 1.54) is 4.68 Å². The van der Waals surface area contributed by atoms with Crippen molar-refractivity contribution in [2.75, 3.05) is 0 Å². The van der Waals surface area contributed by atoms with Crippen LogP contribution >= 0.6 is 11.6 Å². The molecule has 0 radical (unpaired) electrons. The van der Waals surface area contributed by atoms with Crippen LogP contribution in [0, 0.1) is 0 Å². The third-order valence-electron chi connectivity index (χ3n) is 1.96. The van der Waals surface area contributed by atoms with E-state index in [0.29, 0.717) is 5.56 Å². The van der Waals surface area contributed by atoms with Crippen LogP contribution in [0.15, 0.2) is 0 Å². The average Bonchev–Trinajstić information content (AvgIpc) is 2.27. The molecule has 0 bridgehead atoms. The zero-order valence-corrected chi connectivity index (χ0v) is 9.36. The molecule has 0 saturated carbocycles. The van der Waals surface area contributed by atoms with Gasteiger partial charge in [-0.2, -0.15) is 5.10 Å². The second-order valence-electron chi connectivity index (χ2n) is 4.23. The highest BCUT2D eigenvalue weighted by Gasteiger charge is 2.30. The summed E-state index contributed by atoms with van der Waals surface area (Å²) in [6.07, 6.45) is -2.58. The van der Waals surface area contributed by atoms with Crippen LogP contribution in [-0.4, -0.2) is 9.78 Å². The molecule has 1 heterocycles. The van der Waals surface area contributed by atoms with Crippen LogP contribution in [0.1, 0.15) is 38.5 Å². The van der Waals surface area contributed by atoms with Crippen molar-refractivity contribution in [2.45, 2.75) is 32.6 Å². The molecule has 80 valence electrons. The molecule has 0 fully saturated rings. The lowest BCUT2D eigenvalue weighted by atomic mass is 9.87. The van der Waals surface area contributed by atoms with Crippen LogP contribution in [0.25, 0.3) is 0 Å². The maximum atomic E-state index is 12.6. The van der Waals surface area contributed by atoms with E-state index in [-0.39, 0.29) is 10.8 Å². The Morgan fingerprint density at radius 2 is 1.86 bits per heavy atom. The number of rotatable bonds is 1. The minimum absolute atomic E-state index is 0.218. The molecule has 1 aromatic heterocycles. The van der Waals surface area contributed by atoms with Gasteiger partial charge in [-0.05, 0) is 5.41 Å². The number of hydrogen-bond donors (Lipinski definition) is 0. The molecule has 0 unspecified atom stereocenters. The third kappa shape index (κ3) is 1.90. The van der Waals surface area contributed by atoms with Crippen molar-refractivity contribution >= 4 is 11.6 Å². The molecule has 0 aliphatic rings. The molecule has 0 N–H and O–H groups in total. The summed E-state index contributed by atoms with van der Waals surface area (Å²) in [5.41, 5.74) is -0.210. The van der Waals surface area contributed by atoms with Crippen LogP contribution in [0.2, 0.25) is 5.15 Å². The molecular formula is C9H13ClF2N2. The predicted octanol–water partition coefficient (Wildman–Crippen LogP) is 3.31. The molecule has 5 heteroatoms. The monoisotopic (exact) mass is 222 g/mol. The standard InChI is InChI=1S/C9H13ClF2N2/c1-9(2,3)5-6(8(11)12)13-14(4)7(5)10/h8H,1-4H3. The number of aromatic nitrogens is 2. The highest BCUT2D eigenvalue weighted by atomic mass is 35.5. The van der Waals surface area contributed by atoms with Gasteiger partial charge in [-0.3, -0.25) is 4.68 Å². The van der Waals surface area contributed by atoms with Crippen molar-refractivity contribution in [3.05, 3.63) is 16.4 Å². The first kappa shape index (κ1) is 11.4. The van der Waals surface area contributed by atoms with Crippen molar-refractivity contribution in [1.82, 2.24) is 9.78 Å². The minimum Gasteiger partial charge on any atom is -0.256 e. The molecule has 0 aromatic carbocycles. The lowest BCUT2D eigenvalue weighted by Crippen LogP contribution is -2.13. The normalized spacial score (nSPS) is 12.6. The van der Waals surface area contributed by atoms with Gasteiger partial charge < -0.3 is 0 Å². The lowest BCUT2D eigenvalue weighted by Gasteiger charge is -2.18. The topological polar surface area (TPSA) is 17.8 Å². The molecule has 0 atom stereocenters. The first-order valence-electron chi connectivity index (χ1n) is 4.26. The van der Waals surface area contributed by atoms with Gasteiger partial charge in [0.25, 0.3) is 6.43 Å². The number of aryl methyl sites for hydroxylation is 1. The predicted molar refractivity (Wildman–Crippen MR) is 51.9 cm³/mol. The Labute approximate surface area is 86.9 Å². The smallest absolute Gasteiger partial charge is 0.256 e. The lowest BCUT2D eigenvalue weighted by molar-refractivity contribution is 0.143. The molecule has 1 rings (SSSR count). The van der Waals surface area contributed by atoms with Crippen LogP contribution in [0.5, 0.6) is 0 Å². The fourth-order valence-corrected chi connectivity index (χ4v) is 1.79. The molecule has 0 aliphatic carbocycles. The van der Waals surface area contributed by atoms with Crippen LogP contribution in [0.4, 0.5) is 8.78 Å². The summed E-state index contributed by atoms with van der Waals surface area (Å²) in [5, 5.41) is 4.00. The highest BCUT2D eigenvalue weighted by Crippen LogP contribution is 2.36. The summed E-state index contributed by atoms with van der Waals surface area (Å²) < 4.78 is 26.5. The van der Waals surface area contributed by atoms with Crippen molar-refractivity contribution in [1.29, 1.82) is 0 Å². The molecule has 14 heavy (non-hydrogen) atoms. The SMILES string of the molecule is Cn1nc(C(F)F)c(C(C)(C)C)c1Cl. The first-order valence-corrected chi connectivity index (χ1v) is 4.64. The van der Waals surface area contributed by atoms with E-state index < -0.39 is 11.8 Å². The first-order chi connectivity index (χ1) is 6.25. The summed E-state index contributed by atoms with van der Waals surface area (Å²) in [4.78, 5) is 0. The second-order valence-corrected chi connectivity index (χ2v) is 4.58. The van der Waals surface area contributed by atoms with Gasteiger partial charge in [0.15, 0.2) is 0 Å². The highest BCUT2D eigenvalue weighted by molar-refractivity contribution is 6.30. The largest absolute Gasteiger partial charge is 0.282 e. The third-order valence-corrected chi connectivity index (χ3v) is 2.39. The van der Waals surface area contributed by atoms with Gasteiger partial charge in [0.1, 0.15) is 10.8 Å². The Balaban J connectivity index is 3.38. The van der Waals surface area contributed by atoms with Gasteiger partial charge in [0, 0.05) is 12.6 Å². The minimum atomic E-state index is -2.58. The molecule has 0 saturated heterocycles. The number of hydrogen-bond acceptors (Lipinski definition) is 1. The summed E-state index contributed by atoms with van der Waals surface area (Å²) >= 11 is 5.91. The maximum Gasteiger partial charge on any atom is 0.282 e. The molecule has 0 spiro atoms. The van der Waals surface area contributed by atoms with Gasteiger partial charge in [0.2, 0.25) is 0 Å². The molecule has 1 aromatic rings. The van der Waals surface area contributed by atoms with Gasteiger partial charge in [0.05, 0.1) is 0 Å². The van der Waals surface area contributed by atoms with Crippen LogP contribution < -0.4 is 0 Å². The number of alkyl halides is 2. The fraction of sp³-hybridized carbons (Fsp3) is 0.667. The Kier molecular flexibility index (Phi) is 2.86. The van der Waals surface area contributed by atoms with Crippen molar-refractivity contribution in [3.8, 4) is 0 Å². The molecular weight excluding hydrogens is 210 g/mol. The van der Waals surface area contributed by atoms with E-state index in [1.807, 2.05) is 20.8 Å². The van der Waals surface area contributed by atoms with Crippen molar-refractivity contribution < 1.29 is 8.78 Å². The quantitative estimate of drug-likeness (QED) is 0.713. The second kappa shape index (κ2) is 3.50. The van der Waals surface area contributed by atoms with Crippen LogP contribution in [0.3, 0.4) is 0 Å². The Bertz CT molecular complexity index is 339. The van der Waals surface area contributed by atoms with E-state index in [4.69, 9.17) is 11.6 Å². The Morgan fingerprint density at radius 1 is 1.36 bits per heavy atom. The molecule has 0 amide bonds. The zero-order valence-electron chi connectivity index (χ0n) is 8.61. The van der Waals surface area contributed by atoms with E-state index in [9.17, 15) is 8.78 Å². The maximum absolute atomic E-state index is 12.6. The average molecular weight is 223 g/mol. The number of nitrogens with zero attached hydrogens (tertiary/aromatic N) is 2. The summed E-state index contributed by atoms with van der Waals surface area (Å²) in [6.45, 7) is 5.51. The van der Waals surface area contributed by atoms with Crippen molar-refractivity contribution in [3.63, 3.8) is 0 Å². The zero-order chi connectivity index (χ0) is 11.1. The summed E-state index contributed by atoms with van der Waals surface area (Å²) in [7, 11) is 1.56. The van der Waals surface area contributed by atoms with Gasteiger partial charge in [-0.25, -0.2) is 8.78 Å². The van der Waals surface area contributed by atoms with E-state index >= 15 is 0 Å². The summed E-state index contributed by atoms with van der Waals surface area (Å²) in [5.74, 6) is 0. The number of halogens is 3. The van der Waals surface area contributed by atoms with Gasteiger partial charge in [-0.15, -0.1) is 0 Å².